The Hall–Kier alpha value is -0.610. The van der Waals surface area contributed by atoms with E-state index in [0.29, 0.717) is 13.1 Å². The van der Waals surface area contributed by atoms with Crippen LogP contribution >= 0.6 is 0 Å². The molecule has 1 atom stereocenters. The van der Waals surface area contributed by atoms with Crippen LogP contribution in [0.15, 0.2) is 0 Å². The molecule has 1 saturated heterocycles. The van der Waals surface area contributed by atoms with Crippen LogP contribution in [0.1, 0.15) is 27.2 Å². The van der Waals surface area contributed by atoms with Gasteiger partial charge in [0.05, 0.1) is 6.54 Å². The predicted octanol–water partition coefficient (Wildman–Crippen LogP) is 0.182. The van der Waals surface area contributed by atoms with Crippen molar-refractivity contribution in [2.75, 3.05) is 26.2 Å². The number of amides is 1. The van der Waals surface area contributed by atoms with Crippen molar-refractivity contribution in [3.63, 3.8) is 0 Å². The number of likely N-dealkylation sites (tertiary alicyclic amines) is 1. The first-order valence-electron chi connectivity index (χ1n) is 5.70. The maximum atomic E-state index is 11.4. The van der Waals surface area contributed by atoms with Crippen LogP contribution in [-0.2, 0) is 4.79 Å². The molecule has 1 unspecified atom stereocenters. The van der Waals surface area contributed by atoms with Crippen molar-refractivity contribution in [1.82, 2.24) is 10.2 Å². The van der Waals surface area contributed by atoms with Gasteiger partial charge in [-0.2, -0.15) is 0 Å². The lowest BCUT2D eigenvalue weighted by Crippen LogP contribution is -2.54. The topological polar surface area (TPSA) is 58.4 Å². The molecule has 0 saturated carbocycles. The van der Waals surface area contributed by atoms with Crippen LogP contribution in [0.3, 0.4) is 0 Å². The molecule has 0 spiro atoms. The van der Waals surface area contributed by atoms with Crippen LogP contribution in [-0.4, -0.2) is 43.0 Å². The van der Waals surface area contributed by atoms with Gasteiger partial charge in [0.25, 0.3) is 0 Å². The molecule has 4 nitrogen and oxygen atoms in total. The van der Waals surface area contributed by atoms with Crippen molar-refractivity contribution in [3.05, 3.63) is 0 Å². The largest absolute Gasteiger partial charge is 0.355 e. The van der Waals surface area contributed by atoms with E-state index < -0.39 is 0 Å². The van der Waals surface area contributed by atoms with Crippen LogP contribution in [0.5, 0.6) is 0 Å². The maximum absolute atomic E-state index is 11.4. The average molecular weight is 213 g/mol. The van der Waals surface area contributed by atoms with Crippen LogP contribution in [0.25, 0.3) is 0 Å². The number of nitrogens with zero attached hydrogens (tertiary/aromatic N) is 1. The van der Waals surface area contributed by atoms with E-state index in [4.69, 9.17) is 5.73 Å². The summed E-state index contributed by atoms with van der Waals surface area (Å²) in [5.41, 5.74) is 6.15. The van der Waals surface area contributed by atoms with E-state index in [1.807, 2.05) is 6.92 Å². The van der Waals surface area contributed by atoms with Crippen molar-refractivity contribution in [2.45, 2.75) is 33.2 Å². The van der Waals surface area contributed by atoms with Gasteiger partial charge >= 0.3 is 0 Å². The third-order valence-electron chi connectivity index (χ3n) is 3.13. The highest BCUT2D eigenvalue weighted by molar-refractivity contribution is 5.77. The highest BCUT2D eigenvalue weighted by Crippen LogP contribution is 2.27. The Morgan fingerprint density at radius 3 is 2.80 bits per heavy atom. The second-order valence-corrected chi connectivity index (χ2v) is 5.05. The summed E-state index contributed by atoms with van der Waals surface area (Å²) in [5, 5.41) is 2.82. The Balaban J connectivity index is 2.42. The average Bonchev–Trinajstić information content (AvgIpc) is 2.11. The number of carbonyl (C=O) groups excluding carboxylic acids is 1. The molecule has 0 bridgehead atoms. The first-order valence-corrected chi connectivity index (χ1v) is 5.70. The zero-order valence-corrected chi connectivity index (χ0v) is 10.0. The molecule has 0 aromatic heterocycles. The van der Waals surface area contributed by atoms with Crippen LogP contribution in [0.2, 0.25) is 0 Å². The molecule has 3 N–H and O–H groups in total. The fraction of sp³-hybridized carbons (Fsp3) is 0.909. The maximum Gasteiger partial charge on any atom is 0.234 e. The number of rotatable bonds is 3. The first kappa shape index (κ1) is 12.5. The summed E-state index contributed by atoms with van der Waals surface area (Å²) in [6.07, 6.45) is 0.979. The molecule has 1 fully saturated rings. The smallest absolute Gasteiger partial charge is 0.234 e. The van der Waals surface area contributed by atoms with Crippen LogP contribution in [0, 0.1) is 5.41 Å². The lowest BCUT2D eigenvalue weighted by molar-refractivity contribution is -0.122. The SMILES string of the molecule is CCNC(=O)CN1CCC(N)C(C)(C)C1. The third-order valence-corrected chi connectivity index (χ3v) is 3.13. The number of hydrogen-bond donors (Lipinski definition) is 2. The molecular formula is C11H23N3O. The second-order valence-electron chi connectivity index (χ2n) is 5.05. The van der Waals surface area contributed by atoms with E-state index in [1.54, 1.807) is 0 Å². The van der Waals surface area contributed by atoms with Gasteiger partial charge in [-0.15, -0.1) is 0 Å². The number of hydrogen-bond acceptors (Lipinski definition) is 3. The minimum absolute atomic E-state index is 0.115. The van der Waals surface area contributed by atoms with Gasteiger partial charge in [-0.3, -0.25) is 9.69 Å². The lowest BCUT2D eigenvalue weighted by Gasteiger charge is -2.42. The predicted molar refractivity (Wildman–Crippen MR) is 61.5 cm³/mol. The third kappa shape index (κ3) is 3.47. The molecule has 0 radical (unpaired) electrons. The van der Waals surface area contributed by atoms with E-state index in [1.165, 1.54) is 0 Å². The minimum atomic E-state index is 0.115. The number of nitrogens with two attached hydrogens (primary N) is 1. The van der Waals surface area contributed by atoms with E-state index in [0.717, 1.165) is 19.5 Å². The molecule has 0 aromatic carbocycles. The number of piperidine rings is 1. The Kier molecular flexibility index (Phi) is 4.11. The molecule has 0 aliphatic carbocycles. The zero-order valence-electron chi connectivity index (χ0n) is 10.0. The molecule has 1 heterocycles. The van der Waals surface area contributed by atoms with Crippen molar-refractivity contribution in [1.29, 1.82) is 0 Å². The highest BCUT2D eigenvalue weighted by Gasteiger charge is 2.33. The highest BCUT2D eigenvalue weighted by atomic mass is 16.2. The molecule has 15 heavy (non-hydrogen) atoms. The summed E-state index contributed by atoms with van der Waals surface area (Å²) in [5.74, 6) is 0.115. The van der Waals surface area contributed by atoms with Crippen molar-refractivity contribution < 1.29 is 4.79 Å². The van der Waals surface area contributed by atoms with Gasteiger partial charge in [0, 0.05) is 25.7 Å². The Labute approximate surface area is 92.2 Å². The molecule has 88 valence electrons. The fourth-order valence-corrected chi connectivity index (χ4v) is 2.08. The normalized spacial score (nSPS) is 26.3. The molecule has 1 amide bonds. The molecule has 1 rings (SSSR count). The number of carbonyl (C=O) groups is 1. The fourth-order valence-electron chi connectivity index (χ4n) is 2.08. The van der Waals surface area contributed by atoms with E-state index in [9.17, 15) is 4.79 Å². The van der Waals surface area contributed by atoms with Gasteiger partial charge in [-0.05, 0) is 18.8 Å². The molecule has 1 aliphatic heterocycles. The number of nitrogens with one attached hydrogen (secondary N) is 1. The zero-order chi connectivity index (χ0) is 11.5. The summed E-state index contributed by atoms with van der Waals surface area (Å²) < 4.78 is 0. The Morgan fingerprint density at radius 1 is 1.60 bits per heavy atom. The monoisotopic (exact) mass is 213 g/mol. The molecule has 4 heteroatoms. The van der Waals surface area contributed by atoms with Crippen molar-refractivity contribution >= 4 is 5.91 Å². The molecular weight excluding hydrogens is 190 g/mol. The van der Waals surface area contributed by atoms with Crippen LogP contribution < -0.4 is 11.1 Å². The van der Waals surface area contributed by atoms with E-state index in [-0.39, 0.29) is 17.4 Å². The van der Waals surface area contributed by atoms with Crippen molar-refractivity contribution in [2.24, 2.45) is 11.1 Å². The summed E-state index contributed by atoms with van der Waals surface area (Å²) in [6, 6.07) is 0.253. The van der Waals surface area contributed by atoms with Gasteiger partial charge < -0.3 is 11.1 Å². The van der Waals surface area contributed by atoms with Gasteiger partial charge in [-0.1, -0.05) is 13.8 Å². The van der Waals surface area contributed by atoms with Crippen molar-refractivity contribution in [3.8, 4) is 0 Å². The van der Waals surface area contributed by atoms with Gasteiger partial charge in [0.15, 0.2) is 0 Å². The summed E-state index contributed by atoms with van der Waals surface area (Å²) >= 11 is 0. The van der Waals surface area contributed by atoms with Gasteiger partial charge in [0.1, 0.15) is 0 Å². The quantitative estimate of drug-likeness (QED) is 0.703. The minimum Gasteiger partial charge on any atom is -0.355 e. The van der Waals surface area contributed by atoms with Crippen LogP contribution in [0.4, 0.5) is 0 Å². The number of likely N-dealkylation sites (N-methyl/N-ethyl adjacent to an activating group) is 1. The standard InChI is InChI=1S/C11H23N3O/c1-4-13-10(15)7-14-6-5-9(12)11(2,3)8-14/h9H,4-8,12H2,1-3H3,(H,13,15). The lowest BCUT2D eigenvalue weighted by atomic mass is 9.80. The van der Waals surface area contributed by atoms with Gasteiger partial charge in [-0.25, -0.2) is 0 Å². The second kappa shape index (κ2) is 4.94. The summed E-state index contributed by atoms with van der Waals surface area (Å²) in [4.78, 5) is 13.6. The van der Waals surface area contributed by atoms with Gasteiger partial charge in [0.2, 0.25) is 5.91 Å². The first-order chi connectivity index (χ1) is 6.95. The van der Waals surface area contributed by atoms with E-state index in [2.05, 4.69) is 24.1 Å². The molecule has 0 aromatic rings. The Bertz CT molecular complexity index is 228. The summed E-state index contributed by atoms with van der Waals surface area (Å²) in [7, 11) is 0. The Morgan fingerprint density at radius 2 is 2.27 bits per heavy atom. The summed E-state index contributed by atoms with van der Waals surface area (Å²) in [6.45, 7) is 9.32. The van der Waals surface area contributed by atoms with E-state index >= 15 is 0 Å². The molecule has 1 aliphatic rings.